The molecule has 152 valence electrons. The molecular weight excluding hydrogens is 390 g/mol. The molecule has 11 heteroatoms. The molecular formula is C17H16F6N4O. The van der Waals surface area contributed by atoms with E-state index >= 15 is 0 Å². The molecule has 5 nitrogen and oxygen atoms in total. The number of hydrogen-bond donors (Lipinski definition) is 1. The fraction of sp³-hybridized carbons (Fsp3) is 0.353. The third kappa shape index (κ3) is 5.57. The van der Waals surface area contributed by atoms with E-state index in [0.29, 0.717) is 5.56 Å². The molecule has 1 atom stereocenters. The van der Waals surface area contributed by atoms with Crippen LogP contribution in [0.2, 0.25) is 0 Å². The summed E-state index contributed by atoms with van der Waals surface area (Å²) in [5, 5.41) is 2.61. The van der Waals surface area contributed by atoms with Gasteiger partial charge in [0.2, 0.25) is 5.95 Å². The summed E-state index contributed by atoms with van der Waals surface area (Å²) in [7, 11) is 0. The number of anilines is 1. The number of alkyl halides is 6. The normalized spacial score (nSPS) is 13.3. The molecule has 0 saturated heterocycles. The molecule has 0 spiro atoms. The molecule has 0 saturated carbocycles. The maximum atomic E-state index is 12.8. The van der Waals surface area contributed by atoms with E-state index in [1.165, 1.54) is 6.08 Å². The summed E-state index contributed by atoms with van der Waals surface area (Å²) in [6.07, 6.45) is -14.0. The molecule has 2 aromatic rings. The lowest BCUT2D eigenvalue weighted by Gasteiger charge is -2.23. The summed E-state index contributed by atoms with van der Waals surface area (Å²) in [6, 6.07) is 7.57. The van der Waals surface area contributed by atoms with Crippen LogP contribution < -0.4 is 10.1 Å². The molecule has 1 aromatic carbocycles. The zero-order valence-electron chi connectivity index (χ0n) is 14.6. The van der Waals surface area contributed by atoms with Crippen LogP contribution in [0.4, 0.5) is 32.3 Å². The molecule has 0 amide bonds. The van der Waals surface area contributed by atoms with Crippen LogP contribution in [0, 0.1) is 0 Å². The van der Waals surface area contributed by atoms with Gasteiger partial charge >= 0.3 is 18.4 Å². The standard InChI is InChI=1S/C17H16F6N4O/c1-3-9-24-14-25-12(10(2)11-7-5-4-6-8-11)26-15(27-14)28-13(16(18,19)20)17(21,22)23/h3-8,10,13H,1,9H2,2H3,(H,24,25,26,27). The van der Waals surface area contributed by atoms with Gasteiger partial charge in [-0.15, -0.1) is 6.58 Å². The third-order valence-corrected chi connectivity index (χ3v) is 3.54. The largest absolute Gasteiger partial charge is 0.440 e. The van der Waals surface area contributed by atoms with Crippen molar-refractivity contribution in [1.82, 2.24) is 15.0 Å². The fourth-order valence-corrected chi connectivity index (χ4v) is 2.18. The monoisotopic (exact) mass is 406 g/mol. The van der Waals surface area contributed by atoms with E-state index in [0.717, 1.165) is 0 Å². The minimum absolute atomic E-state index is 0.0501. The van der Waals surface area contributed by atoms with Gasteiger partial charge in [0.05, 0.1) is 0 Å². The topological polar surface area (TPSA) is 59.9 Å². The molecule has 2 rings (SSSR count). The zero-order valence-corrected chi connectivity index (χ0v) is 14.6. The average molecular weight is 406 g/mol. The van der Waals surface area contributed by atoms with E-state index in [-0.39, 0.29) is 18.3 Å². The van der Waals surface area contributed by atoms with Gasteiger partial charge in [-0.3, -0.25) is 0 Å². The van der Waals surface area contributed by atoms with Gasteiger partial charge in [-0.1, -0.05) is 43.3 Å². The maximum Gasteiger partial charge on any atom is 0.434 e. The van der Waals surface area contributed by atoms with Gasteiger partial charge in [-0.05, 0) is 5.56 Å². The van der Waals surface area contributed by atoms with Crippen LogP contribution in [-0.4, -0.2) is 40.0 Å². The number of nitrogens with zero attached hydrogens (tertiary/aromatic N) is 3. The fourth-order valence-electron chi connectivity index (χ4n) is 2.18. The summed E-state index contributed by atoms with van der Waals surface area (Å²) in [5.41, 5.74) is 0.706. The lowest BCUT2D eigenvalue weighted by atomic mass is 10.0. The lowest BCUT2D eigenvalue weighted by molar-refractivity contribution is -0.301. The van der Waals surface area contributed by atoms with Crippen LogP contribution in [0.3, 0.4) is 0 Å². The highest BCUT2D eigenvalue weighted by Gasteiger charge is 2.59. The first-order valence-corrected chi connectivity index (χ1v) is 7.98. The maximum absolute atomic E-state index is 12.8. The summed E-state index contributed by atoms with van der Waals surface area (Å²) in [4.78, 5) is 11.2. The van der Waals surface area contributed by atoms with Gasteiger partial charge in [0.1, 0.15) is 5.82 Å². The van der Waals surface area contributed by atoms with Crippen LogP contribution >= 0.6 is 0 Å². The van der Waals surface area contributed by atoms with Crippen molar-refractivity contribution in [1.29, 1.82) is 0 Å². The van der Waals surface area contributed by atoms with Crippen molar-refractivity contribution < 1.29 is 31.1 Å². The summed E-state index contributed by atoms with van der Waals surface area (Å²) >= 11 is 0. The minimum Gasteiger partial charge on any atom is -0.440 e. The molecule has 1 aromatic heterocycles. The van der Waals surface area contributed by atoms with Crippen LogP contribution in [0.1, 0.15) is 24.2 Å². The van der Waals surface area contributed by atoms with Gasteiger partial charge in [0.25, 0.3) is 6.10 Å². The molecule has 0 aliphatic rings. The molecule has 0 radical (unpaired) electrons. The summed E-state index contributed by atoms with van der Waals surface area (Å²) in [5.74, 6) is -0.817. The van der Waals surface area contributed by atoms with Crippen LogP contribution in [0.5, 0.6) is 6.01 Å². The Morgan fingerprint density at radius 3 is 2.18 bits per heavy atom. The Kier molecular flexibility index (Phi) is 6.47. The minimum atomic E-state index is -5.69. The van der Waals surface area contributed by atoms with E-state index in [1.807, 2.05) is 0 Å². The molecule has 1 N–H and O–H groups in total. The van der Waals surface area contributed by atoms with E-state index < -0.39 is 30.4 Å². The molecule has 28 heavy (non-hydrogen) atoms. The van der Waals surface area contributed by atoms with Gasteiger partial charge in [0, 0.05) is 12.5 Å². The van der Waals surface area contributed by atoms with Gasteiger partial charge in [-0.25, -0.2) is 0 Å². The van der Waals surface area contributed by atoms with Crippen molar-refractivity contribution in [2.24, 2.45) is 0 Å². The predicted molar refractivity (Wildman–Crippen MR) is 89.0 cm³/mol. The van der Waals surface area contributed by atoms with E-state index in [9.17, 15) is 26.3 Å². The first kappa shape index (κ1) is 21.5. The molecule has 1 unspecified atom stereocenters. The number of halogens is 6. The van der Waals surface area contributed by atoms with Crippen molar-refractivity contribution in [2.45, 2.75) is 31.3 Å². The second-order valence-corrected chi connectivity index (χ2v) is 5.68. The highest BCUT2D eigenvalue weighted by atomic mass is 19.4. The van der Waals surface area contributed by atoms with Gasteiger partial charge < -0.3 is 10.1 Å². The van der Waals surface area contributed by atoms with Crippen molar-refractivity contribution >= 4 is 5.95 Å². The zero-order chi connectivity index (χ0) is 20.9. The predicted octanol–water partition coefficient (Wildman–Crippen LogP) is 4.49. The number of hydrogen-bond acceptors (Lipinski definition) is 5. The van der Waals surface area contributed by atoms with Crippen molar-refractivity contribution in [3.63, 3.8) is 0 Å². The quantitative estimate of drug-likeness (QED) is 0.542. The second-order valence-electron chi connectivity index (χ2n) is 5.68. The van der Waals surface area contributed by atoms with Gasteiger partial charge in [0.15, 0.2) is 0 Å². The first-order valence-electron chi connectivity index (χ1n) is 7.98. The van der Waals surface area contributed by atoms with E-state index in [2.05, 4.69) is 31.6 Å². The number of nitrogens with one attached hydrogen (secondary N) is 1. The molecule has 0 fully saturated rings. The molecule has 1 heterocycles. The Hall–Kier alpha value is -2.85. The first-order chi connectivity index (χ1) is 13.0. The summed E-state index contributed by atoms with van der Waals surface area (Å²) in [6.45, 7) is 5.23. The lowest BCUT2D eigenvalue weighted by Crippen LogP contribution is -2.47. The highest BCUT2D eigenvalue weighted by Crippen LogP contribution is 2.36. The highest BCUT2D eigenvalue weighted by molar-refractivity contribution is 5.31. The van der Waals surface area contributed by atoms with E-state index in [4.69, 9.17) is 0 Å². The smallest absolute Gasteiger partial charge is 0.434 e. The summed E-state index contributed by atoms with van der Waals surface area (Å²) < 4.78 is 80.8. The van der Waals surface area contributed by atoms with Crippen molar-refractivity contribution in [3.8, 4) is 6.01 Å². The van der Waals surface area contributed by atoms with Crippen LogP contribution in [0.15, 0.2) is 43.0 Å². The molecule has 0 aliphatic carbocycles. The molecule has 0 aliphatic heterocycles. The van der Waals surface area contributed by atoms with Crippen molar-refractivity contribution in [2.75, 3.05) is 11.9 Å². The number of ether oxygens (including phenoxy) is 1. The Labute approximate surface area is 156 Å². The molecule has 0 bridgehead atoms. The third-order valence-electron chi connectivity index (χ3n) is 3.54. The SMILES string of the molecule is C=CCNc1nc(OC(C(F)(F)F)C(F)(F)F)nc(C(C)c2ccccc2)n1. The Morgan fingerprint density at radius 2 is 1.64 bits per heavy atom. The Balaban J connectivity index is 2.44. The second kappa shape index (κ2) is 8.44. The van der Waals surface area contributed by atoms with E-state index in [1.54, 1.807) is 37.3 Å². The average Bonchev–Trinajstić information content (AvgIpc) is 2.62. The van der Waals surface area contributed by atoms with Crippen LogP contribution in [-0.2, 0) is 0 Å². The number of aromatic nitrogens is 3. The number of benzene rings is 1. The van der Waals surface area contributed by atoms with Gasteiger partial charge in [-0.2, -0.15) is 41.3 Å². The Bertz CT molecular complexity index is 780. The number of rotatable bonds is 7. The van der Waals surface area contributed by atoms with Crippen molar-refractivity contribution in [3.05, 3.63) is 54.4 Å². The van der Waals surface area contributed by atoms with Crippen LogP contribution in [0.25, 0.3) is 0 Å². The Morgan fingerprint density at radius 1 is 1.04 bits per heavy atom.